The van der Waals surface area contributed by atoms with Gasteiger partial charge in [-0.3, -0.25) is 4.79 Å². The summed E-state index contributed by atoms with van der Waals surface area (Å²) in [5.74, 6) is -0.118. The molecule has 0 saturated carbocycles. The molecule has 0 heterocycles. The molecule has 0 bridgehead atoms. The maximum Gasteiger partial charge on any atom is 0.138 e. The van der Waals surface area contributed by atoms with Crippen LogP contribution in [0.5, 0.6) is 0 Å². The highest BCUT2D eigenvalue weighted by atomic mass is 16.1. The molecule has 2 N–H and O–H groups in total. The van der Waals surface area contributed by atoms with E-state index in [0.717, 1.165) is 0 Å². The van der Waals surface area contributed by atoms with Crippen molar-refractivity contribution in [3.05, 3.63) is 12.3 Å². The van der Waals surface area contributed by atoms with Crippen molar-refractivity contribution in [1.82, 2.24) is 0 Å². The molecule has 0 aromatic heterocycles. The molecule has 0 rings (SSSR count). The Morgan fingerprint density at radius 2 is 2.12 bits per heavy atom. The van der Waals surface area contributed by atoms with Crippen LogP contribution in [0.4, 0.5) is 0 Å². The van der Waals surface area contributed by atoms with Crippen molar-refractivity contribution in [3.8, 4) is 0 Å². The van der Waals surface area contributed by atoms with E-state index >= 15 is 0 Å². The molecule has 0 spiro atoms. The smallest absolute Gasteiger partial charge is 0.138 e. The number of nitrogens with two attached hydrogens (primary N) is 1. The molecule has 8 heavy (non-hydrogen) atoms. The zero-order chi connectivity index (χ0) is 6.73. The second-order valence-electron chi connectivity index (χ2n) is 1.91. The largest absolute Gasteiger partial charge is 0.402 e. The van der Waals surface area contributed by atoms with Crippen LogP contribution in [-0.4, -0.2) is 5.78 Å². The molecule has 0 fully saturated rings. The van der Waals surface area contributed by atoms with Crippen LogP contribution in [0.2, 0.25) is 0 Å². The highest BCUT2D eigenvalue weighted by Gasteiger charge is 2.06. The number of ketones is 1. The van der Waals surface area contributed by atoms with Gasteiger partial charge in [-0.25, -0.2) is 0 Å². The molecule has 2 nitrogen and oxygen atoms in total. The fourth-order valence-corrected chi connectivity index (χ4v) is 0.261. The Balaban J connectivity index is 3.83. The minimum Gasteiger partial charge on any atom is -0.402 e. The molecule has 0 amide bonds. The first-order valence-corrected chi connectivity index (χ1v) is 2.50. The van der Waals surface area contributed by atoms with Crippen LogP contribution in [0.3, 0.4) is 0 Å². The second-order valence-corrected chi connectivity index (χ2v) is 1.91. The predicted octanol–water partition coefficient (Wildman–Crippen LogP) is 0.684. The Bertz CT molecular complexity index is 104. The van der Waals surface area contributed by atoms with Gasteiger partial charge in [0.2, 0.25) is 0 Å². The van der Waals surface area contributed by atoms with Crippen molar-refractivity contribution in [2.24, 2.45) is 11.7 Å². The van der Waals surface area contributed by atoms with Crippen molar-refractivity contribution >= 4 is 5.78 Å². The standard InChI is InChI=1S/C6H11NO/c1-4(5(2)7)6(3)8/h4H,2,7H2,1,3H3. The average Bonchev–Trinajstić information content (AvgIpc) is 1.64. The number of carbonyl (C=O) groups is 1. The van der Waals surface area contributed by atoms with Crippen molar-refractivity contribution in [1.29, 1.82) is 0 Å². The van der Waals surface area contributed by atoms with Crippen LogP contribution >= 0.6 is 0 Å². The summed E-state index contributed by atoms with van der Waals surface area (Å²) in [5, 5.41) is 0. The lowest BCUT2D eigenvalue weighted by Crippen LogP contribution is -2.14. The third-order valence-corrected chi connectivity index (χ3v) is 1.17. The highest BCUT2D eigenvalue weighted by Crippen LogP contribution is 2.01. The minimum absolute atomic E-state index is 0.0671. The Labute approximate surface area is 49.4 Å². The van der Waals surface area contributed by atoms with Gasteiger partial charge in [0.25, 0.3) is 0 Å². The first-order chi connectivity index (χ1) is 3.55. The molecule has 2 heteroatoms. The molecule has 1 atom stereocenters. The Hall–Kier alpha value is -0.790. The van der Waals surface area contributed by atoms with Crippen LogP contribution in [0.1, 0.15) is 13.8 Å². The van der Waals surface area contributed by atoms with Gasteiger partial charge in [0, 0.05) is 5.70 Å². The summed E-state index contributed by atoms with van der Waals surface area (Å²) in [6.07, 6.45) is 0. The molecule has 0 saturated heterocycles. The van der Waals surface area contributed by atoms with E-state index in [1.807, 2.05) is 0 Å². The van der Waals surface area contributed by atoms with Crippen LogP contribution < -0.4 is 5.73 Å². The molecule has 0 aliphatic heterocycles. The summed E-state index contributed by atoms with van der Waals surface area (Å²) in [5.41, 5.74) is 5.66. The van der Waals surface area contributed by atoms with E-state index in [-0.39, 0.29) is 11.7 Å². The molecular weight excluding hydrogens is 102 g/mol. The summed E-state index contributed by atoms with van der Waals surface area (Å²) >= 11 is 0. The van der Waals surface area contributed by atoms with Gasteiger partial charge in [-0.2, -0.15) is 0 Å². The predicted molar refractivity (Wildman–Crippen MR) is 33.2 cm³/mol. The fourth-order valence-electron chi connectivity index (χ4n) is 0.261. The van der Waals surface area contributed by atoms with E-state index in [4.69, 9.17) is 5.73 Å². The zero-order valence-corrected chi connectivity index (χ0v) is 5.27. The van der Waals surface area contributed by atoms with Gasteiger partial charge >= 0.3 is 0 Å². The number of hydrogen-bond acceptors (Lipinski definition) is 2. The molecule has 0 radical (unpaired) electrons. The van der Waals surface area contributed by atoms with E-state index in [1.54, 1.807) is 6.92 Å². The lowest BCUT2D eigenvalue weighted by atomic mass is 10.1. The lowest BCUT2D eigenvalue weighted by Gasteiger charge is -2.03. The monoisotopic (exact) mass is 113 g/mol. The van der Waals surface area contributed by atoms with Gasteiger partial charge in [-0.05, 0) is 13.8 Å². The molecule has 46 valence electrons. The van der Waals surface area contributed by atoms with Gasteiger partial charge in [-0.1, -0.05) is 6.58 Å². The van der Waals surface area contributed by atoms with Crippen LogP contribution in [0.25, 0.3) is 0 Å². The Morgan fingerprint density at radius 1 is 1.75 bits per heavy atom. The molecule has 1 unspecified atom stereocenters. The summed E-state index contributed by atoms with van der Waals surface area (Å²) < 4.78 is 0. The SMILES string of the molecule is C=C(N)C(C)C(C)=O. The van der Waals surface area contributed by atoms with Crippen molar-refractivity contribution in [2.75, 3.05) is 0 Å². The number of Topliss-reactive ketones (excluding diaryl/α,β-unsaturated/α-hetero) is 1. The number of hydrogen-bond donors (Lipinski definition) is 1. The van der Waals surface area contributed by atoms with Gasteiger partial charge in [0.15, 0.2) is 0 Å². The maximum absolute atomic E-state index is 10.4. The van der Waals surface area contributed by atoms with E-state index < -0.39 is 0 Å². The van der Waals surface area contributed by atoms with Crippen LogP contribution in [0, 0.1) is 5.92 Å². The maximum atomic E-state index is 10.4. The summed E-state index contributed by atoms with van der Waals surface area (Å²) in [4.78, 5) is 10.4. The summed E-state index contributed by atoms with van der Waals surface area (Å²) in [6, 6.07) is 0. The highest BCUT2D eigenvalue weighted by molar-refractivity contribution is 5.80. The van der Waals surface area contributed by atoms with E-state index in [1.165, 1.54) is 6.92 Å². The molecular formula is C6H11NO. The van der Waals surface area contributed by atoms with Crippen molar-refractivity contribution < 1.29 is 4.79 Å². The van der Waals surface area contributed by atoms with E-state index in [0.29, 0.717) is 5.70 Å². The van der Waals surface area contributed by atoms with Crippen LogP contribution in [-0.2, 0) is 4.79 Å². The summed E-state index contributed by atoms with van der Waals surface area (Å²) in [7, 11) is 0. The normalized spacial score (nSPS) is 12.8. The fraction of sp³-hybridized carbons (Fsp3) is 0.500. The quantitative estimate of drug-likeness (QED) is 0.572. The Morgan fingerprint density at radius 3 is 2.12 bits per heavy atom. The molecule has 0 aliphatic rings. The zero-order valence-electron chi connectivity index (χ0n) is 5.27. The molecule has 0 aromatic rings. The average molecular weight is 113 g/mol. The van der Waals surface area contributed by atoms with Crippen molar-refractivity contribution in [3.63, 3.8) is 0 Å². The van der Waals surface area contributed by atoms with Crippen molar-refractivity contribution in [2.45, 2.75) is 13.8 Å². The third-order valence-electron chi connectivity index (χ3n) is 1.17. The minimum atomic E-state index is -0.185. The number of allylic oxidation sites excluding steroid dienone is 1. The topological polar surface area (TPSA) is 43.1 Å². The third kappa shape index (κ3) is 1.78. The second kappa shape index (κ2) is 2.50. The van der Waals surface area contributed by atoms with Gasteiger partial charge in [0.05, 0.1) is 5.92 Å². The lowest BCUT2D eigenvalue weighted by molar-refractivity contribution is -0.119. The summed E-state index contributed by atoms with van der Waals surface area (Å²) in [6.45, 7) is 6.68. The van der Waals surface area contributed by atoms with Gasteiger partial charge < -0.3 is 5.73 Å². The van der Waals surface area contributed by atoms with Gasteiger partial charge in [0.1, 0.15) is 5.78 Å². The number of rotatable bonds is 2. The first kappa shape index (κ1) is 7.21. The number of carbonyl (C=O) groups excluding carboxylic acids is 1. The molecule has 0 aromatic carbocycles. The Kier molecular flexibility index (Phi) is 2.25. The molecule has 0 aliphatic carbocycles. The first-order valence-electron chi connectivity index (χ1n) is 2.50. The van der Waals surface area contributed by atoms with E-state index in [2.05, 4.69) is 6.58 Å². The van der Waals surface area contributed by atoms with E-state index in [9.17, 15) is 4.79 Å². The van der Waals surface area contributed by atoms with Crippen LogP contribution in [0.15, 0.2) is 12.3 Å². The van der Waals surface area contributed by atoms with Gasteiger partial charge in [-0.15, -0.1) is 0 Å².